The largest absolute Gasteiger partial charge is 0.356 e. The van der Waals surface area contributed by atoms with Gasteiger partial charge in [-0.1, -0.05) is 25.0 Å². The molecule has 3 atom stereocenters. The molecule has 2 aliphatic carbocycles. The zero-order valence-electron chi connectivity index (χ0n) is 13.2. The smallest absolute Gasteiger partial charge is 0.238 e. The van der Waals surface area contributed by atoms with Crippen molar-refractivity contribution in [2.45, 2.75) is 43.4 Å². The minimum atomic E-state index is -3.64. The van der Waals surface area contributed by atoms with Gasteiger partial charge in [0.2, 0.25) is 15.9 Å². The zero-order valence-corrected chi connectivity index (χ0v) is 14.0. The molecule has 0 aromatic heterocycles. The van der Waals surface area contributed by atoms with Crippen molar-refractivity contribution in [1.29, 1.82) is 0 Å². The van der Waals surface area contributed by atoms with Gasteiger partial charge in [-0.2, -0.15) is 0 Å². The van der Waals surface area contributed by atoms with Crippen molar-refractivity contribution in [2.24, 2.45) is 22.9 Å². The fraction of sp³-hybridized carbons (Fsp3) is 0.588. The molecule has 0 unspecified atom stereocenters. The SMILES string of the molecule is NS(=O)(=O)c1ccc(CCNC(=O)[C@H]2CC[C@@H]3CCC[C@@H]32)cc1. The number of benzene rings is 1. The van der Waals surface area contributed by atoms with Gasteiger partial charge in [0.1, 0.15) is 0 Å². The standard InChI is InChI=1S/C17H24N2O3S/c18-23(21,22)14-7-4-12(5-8-14)10-11-19-17(20)16-9-6-13-2-1-3-15(13)16/h4-5,7-8,13,15-16H,1-3,6,9-11H2,(H,19,20)(H2,18,21,22)/t13-,15-,16-/m0/s1. The highest BCUT2D eigenvalue weighted by Gasteiger charge is 2.42. The topological polar surface area (TPSA) is 89.3 Å². The van der Waals surface area contributed by atoms with Gasteiger partial charge in [0.25, 0.3) is 0 Å². The monoisotopic (exact) mass is 336 g/mol. The van der Waals surface area contributed by atoms with Crippen LogP contribution in [0.3, 0.4) is 0 Å². The Balaban J connectivity index is 1.48. The molecule has 0 spiro atoms. The minimum absolute atomic E-state index is 0.114. The molecule has 6 heteroatoms. The Labute approximate surface area is 137 Å². The Kier molecular flexibility index (Phi) is 4.73. The summed E-state index contributed by atoms with van der Waals surface area (Å²) in [5, 5.41) is 8.12. The molecule has 5 nitrogen and oxygen atoms in total. The van der Waals surface area contributed by atoms with Gasteiger partial charge < -0.3 is 5.32 Å². The molecule has 0 radical (unpaired) electrons. The van der Waals surface area contributed by atoms with Crippen molar-refractivity contribution in [1.82, 2.24) is 5.32 Å². The lowest BCUT2D eigenvalue weighted by Gasteiger charge is -2.18. The van der Waals surface area contributed by atoms with E-state index in [1.807, 2.05) is 0 Å². The van der Waals surface area contributed by atoms with Gasteiger partial charge in [-0.25, -0.2) is 13.6 Å². The molecule has 2 fully saturated rings. The first kappa shape index (κ1) is 16.5. The highest BCUT2D eigenvalue weighted by molar-refractivity contribution is 7.89. The fourth-order valence-corrected chi connectivity index (χ4v) is 4.71. The Morgan fingerprint density at radius 1 is 1.13 bits per heavy atom. The second-order valence-electron chi connectivity index (χ2n) is 6.77. The Hall–Kier alpha value is -1.40. The van der Waals surface area contributed by atoms with Crippen LogP contribution >= 0.6 is 0 Å². The van der Waals surface area contributed by atoms with E-state index in [2.05, 4.69) is 5.32 Å². The van der Waals surface area contributed by atoms with Gasteiger partial charge in [-0.05, 0) is 55.2 Å². The molecular formula is C17H24N2O3S. The first-order valence-corrected chi connectivity index (χ1v) is 9.89. The van der Waals surface area contributed by atoms with E-state index in [9.17, 15) is 13.2 Å². The van der Waals surface area contributed by atoms with Crippen LogP contribution < -0.4 is 10.5 Å². The van der Waals surface area contributed by atoms with Crippen LogP contribution in [0.25, 0.3) is 0 Å². The lowest BCUT2D eigenvalue weighted by molar-refractivity contribution is -0.126. The maximum Gasteiger partial charge on any atom is 0.238 e. The summed E-state index contributed by atoms with van der Waals surface area (Å²) in [6, 6.07) is 6.50. The number of sulfonamides is 1. The number of nitrogens with one attached hydrogen (secondary N) is 1. The predicted molar refractivity (Wildman–Crippen MR) is 88.1 cm³/mol. The number of hydrogen-bond donors (Lipinski definition) is 2. The first-order valence-electron chi connectivity index (χ1n) is 8.34. The summed E-state index contributed by atoms with van der Waals surface area (Å²) in [6.45, 7) is 0.585. The lowest BCUT2D eigenvalue weighted by atomic mass is 9.91. The third-order valence-corrected chi connectivity index (χ3v) is 6.31. The van der Waals surface area contributed by atoms with Gasteiger partial charge in [0.15, 0.2) is 0 Å². The molecule has 3 N–H and O–H groups in total. The molecule has 0 saturated heterocycles. The van der Waals surface area contributed by atoms with Crippen LogP contribution in [0.4, 0.5) is 0 Å². The van der Waals surface area contributed by atoms with Crippen LogP contribution in [0.1, 0.15) is 37.7 Å². The van der Waals surface area contributed by atoms with Crippen LogP contribution in [0.2, 0.25) is 0 Å². The average molecular weight is 336 g/mol. The Bertz CT molecular complexity index is 670. The van der Waals surface area contributed by atoms with E-state index in [-0.39, 0.29) is 16.7 Å². The van der Waals surface area contributed by atoms with E-state index in [0.717, 1.165) is 17.9 Å². The van der Waals surface area contributed by atoms with Gasteiger partial charge >= 0.3 is 0 Å². The summed E-state index contributed by atoms with van der Waals surface area (Å²) in [5.41, 5.74) is 0.989. The van der Waals surface area contributed by atoms with Gasteiger partial charge in [-0.3, -0.25) is 4.79 Å². The molecule has 1 aromatic carbocycles. The molecule has 2 saturated carbocycles. The van der Waals surface area contributed by atoms with E-state index in [1.165, 1.54) is 37.8 Å². The van der Waals surface area contributed by atoms with Gasteiger partial charge in [-0.15, -0.1) is 0 Å². The van der Waals surface area contributed by atoms with Crippen molar-refractivity contribution in [3.63, 3.8) is 0 Å². The number of fused-ring (bicyclic) bond motifs is 1. The third-order valence-electron chi connectivity index (χ3n) is 5.38. The number of nitrogens with two attached hydrogens (primary N) is 1. The number of primary sulfonamides is 1. The lowest BCUT2D eigenvalue weighted by Crippen LogP contribution is -2.34. The average Bonchev–Trinajstić information content (AvgIpc) is 3.09. The van der Waals surface area contributed by atoms with Crippen LogP contribution in [-0.2, 0) is 21.2 Å². The van der Waals surface area contributed by atoms with Crippen LogP contribution in [0.5, 0.6) is 0 Å². The molecular weight excluding hydrogens is 312 g/mol. The van der Waals surface area contributed by atoms with E-state index in [0.29, 0.717) is 18.9 Å². The second-order valence-corrected chi connectivity index (χ2v) is 8.33. The normalized spacial score (nSPS) is 26.9. The Morgan fingerprint density at radius 2 is 1.87 bits per heavy atom. The molecule has 126 valence electrons. The number of hydrogen-bond acceptors (Lipinski definition) is 3. The highest BCUT2D eigenvalue weighted by Crippen LogP contribution is 2.47. The zero-order chi connectivity index (χ0) is 16.4. The molecule has 1 amide bonds. The number of rotatable bonds is 5. The highest BCUT2D eigenvalue weighted by atomic mass is 32.2. The van der Waals surface area contributed by atoms with E-state index in [4.69, 9.17) is 5.14 Å². The Morgan fingerprint density at radius 3 is 2.57 bits per heavy atom. The van der Waals surface area contributed by atoms with Crippen molar-refractivity contribution in [3.8, 4) is 0 Å². The second kappa shape index (κ2) is 6.61. The maximum atomic E-state index is 12.4. The fourth-order valence-electron chi connectivity index (χ4n) is 4.19. The van der Waals surface area contributed by atoms with E-state index in [1.54, 1.807) is 12.1 Å². The van der Waals surface area contributed by atoms with Gasteiger partial charge in [0.05, 0.1) is 4.90 Å². The summed E-state index contributed by atoms with van der Waals surface area (Å²) >= 11 is 0. The number of amides is 1. The summed E-state index contributed by atoms with van der Waals surface area (Å²) in [7, 11) is -3.64. The summed E-state index contributed by atoms with van der Waals surface area (Å²) in [4.78, 5) is 12.5. The molecule has 0 bridgehead atoms. The summed E-state index contributed by atoms with van der Waals surface area (Å²) in [5.74, 6) is 1.77. The molecule has 3 rings (SSSR count). The van der Waals surface area contributed by atoms with Crippen molar-refractivity contribution in [3.05, 3.63) is 29.8 Å². The summed E-state index contributed by atoms with van der Waals surface area (Å²) < 4.78 is 22.4. The summed E-state index contributed by atoms with van der Waals surface area (Å²) in [6.07, 6.45) is 6.71. The van der Waals surface area contributed by atoms with Crippen molar-refractivity contribution < 1.29 is 13.2 Å². The van der Waals surface area contributed by atoms with Crippen molar-refractivity contribution in [2.75, 3.05) is 6.54 Å². The molecule has 2 aliphatic rings. The molecule has 1 aromatic rings. The van der Waals surface area contributed by atoms with E-state index >= 15 is 0 Å². The van der Waals surface area contributed by atoms with E-state index < -0.39 is 10.0 Å². The maximum absolute atomic E-state index is 12.4. The van der Waals surface area contributed by atoms with Crippen molar-refractivity contribution >= 4 is 15.9 Å². The third kappa shape index (κ3) is 3.75. The quantitative estimate of drug-likeness (QED) is 0.859. The predicted octanol–water partition coefficient (Wildman–Crippen LogP) is 1.82. The van der Waals surface area contributed by atoms with Crippen LogP contribution in [0, 0.1) is 17.8 Å². The number of carbonyl (C=O) groups is 1. The minimum Gasteiger partial charge on any atom is -0.356 e. The van der Waals surface area contributed by atoms with Gasteiger partial charge in [0, 0.05) is 12.5 Å². The molecule has 0 heterocycles. The molecule has 0 aliphatic heterocycles. The van der Waals surface area contributed by atoms with Crippen LogP contribution in [0.15, 0.2) is 29.2 Å². The van der Waals surface area contributed by atoms with Crippen LogP contribution in [-0.4, -0.2) is 20.9 Å². The number of carbonyl (C=O) groups excluding carboxylic acids is 1. The molecule has 23 heavy (non-hydrogen) atoms. The first-order chi connectivity index (χ1) is 10.9.